The lowest BCUT2D eigenvalue weighted by molar-refractivity contribution is 0.182. The lowest BCUT2D eigenvalue weighted by Gasteiger charge is -2.13. The minimum Gasteiger partial charge on any atom is -0.387 e. The number of aliphatic hydroxyl groups excluding tert-OH is 1. The van der Waals surface area contributed by atoms with Gasteiger partial charge in [0, 0.05) is 11.6 Å². The predicted molar refractivity (Wildman–Crippen MR) is 83.4 cm³/mol. The third kappa shape index (κ3) is 5.06. The summed E-state index contributed by atoms with van der Waals surface area (Å²) >= 11 is 5.75. The maximum atomic E-state index is 13.0. The molecule has 0 aliphatic carbocycles. The van der Waals surface area contributed by atoms with Crippen LogP contribution in [0.3, 0.4) is 0 Å². The van der Waals surface area contributed by atoms with Crippen molar-refractivity contribution in [3.05, 3.63) is 70.5 Å². The molecule has 0 aliphatic heterocycles. The highest BCUT2D eigenvalue weighted by Crippen LogP contribution is 2.16. The number of sulfonamides is 1. The van der Waals surface area contributed by atoms with E-state index >= 15 is 0 Å². The Hall–Kier alpha value is -1.47. The summed E-state index contributed by atoms with van der Waals surface area (Å²) in [5.74, 6) is -0.841. The van der Waals surface area contributed by atoms with Crippen molar-refractivity contribution in [2.45, 2.75) is 11.9 Å². The molecule has 4 nitrogen and oxygen atoms in total. The fraction of sp³-hybridized carbons (Fsp3) is 0.200. The Bertz CT molecular complexity index is 735. The fourth-order valence-corrected chi connectivity index (χ4v) is 3.16. The normalized spacial score (nSPS) is 13.0. The van der Waals surface area contributed by atoms with E-state index in [9.17, 15) is 17.9 Å². The van der Waals surface area contributed by atoms with E-state index in [0.29, 0.717) is 16.1 Å². The smallest absolute Gasteiger partial charge is 0.215 e. The molecule has 1 unspecified atom stereocenters. The Labute approximate surface area is 133 Å². The van der Waals surface area contributed by atoms with E-state index in [1.807, 2.05) is 0 Å². The lowest BCUT2D eigenvalue weighted by atomic mass is 10.1. The van der Waals surface area contributed by atoms with Crippen molar-refractivity contribution < 1.29 is 17.9 Å². The van der Waals surface area contributed by atoms with Crippen LogP contribution < -0.4 is 4.72 Å². The largest absolute Gasteiger partial charge is 0.387 e. The van der Waals surface area contributed by atoms with Crippen LogP contribution in [0.2, 0.25) is 5.02 Å². The molecule has 1 atom stereocenters. The number of halogens is 2. The molecule has 2 N–H and O–H groups in total. The quantitative estimate of drug-likeness (QED) is 0.847. The number of benzene rings is 2. The molecule has 0 amide bonds. The third-order valence-corrected chi connectivity index (χ3v) is 4.57. The molecule has 22 heavy (non-hydrogen) atoms. The summed E-state index contributed by atoms with van der Waals surface area (Å²) in [7, 11) is -3.67. The van der Waals surface area contributed by atoms with E-state index in [2.05, 4.69) is 4.72 Å². The Kier molecular flexibility index (Phi) is 5.52. The first kappa shape index (κ1) is 16.9. The van der Waals surface area contributed by atoms with Gasteiger partial charge in [0.2, 0.25) is 10.0 Å². The van der Waals surface area contributed by atoms with Crippen LogP contribution in [0.4, 0.5) is 4.39 Å². The van der Waals surface area contributed by atoms with Crippen LogP contribution >= 0.6 is 11.6 Å². The maximum Gasteiger partial charge on any atom is 0.215 e. The molecular formula is C15H15ClFNO3S. The molecule has 0 aromatic heterocycles. The van der Waals surface area contributed by atoms with Crippen LogP contribution in [-0.4, -0.2) is 20.1 Å². The summed E-state index contributed by atoms with van der Waals surface area (Å²) in [4.78, 5) is 0. The summed E-state index contributed by atoms with van der Waals surface area (Å²) in [5, 5.41) is 10.5. The van der Waals surface area contributed by atoms with Crippen LogP contribution in [-0.2, 0) is 15.8 Å². The number of hydrogen-bond acceptors (Lipinski definition) is 3. The van der Waals surface area contributed by atoms with Crippen LogP contribution in [0, 0.1) is 5.82 Å². The van der Waals surface area contributed by atoms with Crippen molar-refractivity contribution in [1.82, 2.24) is 4.72 Å². The van der Waals surface area contributed by atoms with Gasteiger partial charge in [-0.2, -0.15) is 0 Å². The van der Waals surface area contributed by atoms with Crippen molar-refractivity contribution in [3.8, 4) is 0 Å². The van der Waals surface area contributed by atoms with Crippen molar-refractivity contribution >= 4 is 21.6 Å². The van der Waals surface area contributed by atoms with E-state index in [0.717, 1.165) is 6.07 Å². The van der Waals surface area contributed by atoms with Crippen molar-refractivity contribution in [1.29, 1.82) is 0 Å². The average Bonchev–Trinajstić information content (AvgIpc) is 2.45. The molecule has 0 saturated carbocycles. The van der Waals surface area contributed by atoms with Crippen LogP contribution in [0.5, 0.6) is 0 Å². The topological polar surface area (TPSA) is 66.4 Å². The fourth-order valence-electron chi connectivity index (χ4n) is 1.91. The highest BCUT2D eigenvalue weighted by Gasteiger charge is 2.15. The third-order valence-electron chi connectivity index (χ3n) is 3.00. The van der Waals surface area contributed by atoms with Gasteiger partial charge in [0.05, 0.1) is 11.9 Å². The Morgan fingerprint density at radius 3 is 2.50 bits per heavy atom. The summed E-state index contributed by atoms with van der Waals surface area (Å²) < 4.78 is 39.2. The van der Waals surface area contributed by atoms with Crippen LogP contribution in [0.15, 0.2) is 48.5 Å². The molecule has 2 aromatic carbocycles. The van der Waals surface area contributed by atoms with Gasteiger partial charge in [-0.3, -0.25) is 0 Å². The second kappa shape index (κ2) is 7.19. The van der Waals surface area contributed by atoms with Gasteiger partial charge >= 0.3 is 0 Å². The maximum absolute atomic E-state index is 13.0. The molecule has 0 spiro atoms. The van der Waals surface area contributed by atoms with Gasteiger partial charge in [-0.05, 0) is 35.4 Å². The predicted octanol–water partition coefficient (Wildman–Crippen LogP) is 2.63. The highest BCUT2D eigenvalue weighted by atomic mass is 35.5. The second-order valence-corrected chi connectivity index (χ2v) is 7.05. The van der Waals surface area contributed by atoms with E-state index in [1.165, 1.54) is 18.2 Å². The number of hydrogen-bond donors (Lipinski definition) is 2. The van der Waals surface area contributed by atoms with Crippen LogP contribution in [0.25, 0.3) is 0 Å². The standard InChI is InChI=1S/C15H15ClFNO3S/c16-13-6-4-12(5-7-13)15(19)9-18-22(20,21)10-11-2-1-3-14(17)8-11/h1-8,15,18-19H,9-10H2. The van der Waals surface area contributed by atoms with E-state index < -0.39 is 21.9 Å². The molecule has 0 fully saturated rings. The van der Waals surface area contributed by atoms with E-state index in [4.69, 9.17) is 11.6 Å². The lowest BCUT2D eigenvalue weighted by Crippen LogP contribution is -2.29. The SMILES string of the molecule is O=S(=O)(Cc1cccc(F)c1)NCC(O)c1ccc(Cl)cc1. The Morgan fingerprint density at radius 2 is 1.86 bits per heavy atom. The molecule has 2 rings (SSSR count). The van der Waals surface area contributed by atoms with Gasteiger partial charge in [-0.25, -0.2) is 17.5 Å². The van der Waals surface area contributed by atoms with Crippen LogP contribution in [0.1, 0.15) is 17.2 Å². The molecule has 2 aromatic rings. The number of nitrogens with one attached hydrogen (secondary N) is 1. The zero-order valence-electron chi connectivity index (χ0n) is 11.5. The van der Waals surface area contributed by atoms with Crippen molar-refractivity contribution in [2.24, 2.45) is 0 Å². The first-order valence-electron chi connectivity index (χ1n) is 6.51. The molecule has 0 heterocycles. The molecule has 118 valence electrons. The van der Waals surface area contributed by atoms with E-state index in [1.54, 1.807) is 24.3 Å². The monoisotopic (exact) mass is 343 g/mol. The number of aliphatic hydroxyl groups is 1. The summed E-state index contributed by atoms with van der Waals surface area (Å²) in [6.45, 7) is -0.167. The molecule has 0 aliphatic rings. The second-order valence-electron chi connectivity index (χ2n) is 4.80. The highest BCUT2D eigenvalue weighted by molar-refractivity contribution is 7.88. The van der Waals surface area contributed by atoms with Gasteiger partial charge in [0.25, 0.3) is 0 Å². The Morgan fingerprint density at radius 1 is 1.18 bits per heavy atom. The first-order chi connectivity index (χ1) is 10.4. The Balaban J connectivity index is 1.96. The van der Waals surface area contributed by atoms with Crippen molar-refractivity contribution in [2.75, 3.05) is 6.54 Å². The van der Waals surface area contributed by atoms with Gasteiger partial charge in [-0.1, -0.05) is 35.9 Å². The molecule has 0 radical (unpaired) electrons. The molecule has 0 saturated heterocycles. The molecular weight excluding hydrogens is 329 g/mol. The minimum atomic E-state index is -3.67. The minimum absolute atomic E-state index is 0.167. The summed E-state index contributed by atoms with van der Waals surface area (Å²) in [6, 6.07) is 11.8. The van der Waals surface area contributed by atoms with E-state index in [-0.39, 0.29) is 12.3 Å². The average molecular weight is 344 g/mol. The van der Waals surface area contributed by atoms with Gasteiger partial charge in [0.15, 0.2) is 0 Å². The van der Waals surface area contributed by atoms with Crippen molar-refractivity contribution in [3.63, 3.8) is 0 Å². The zero-order valence-corrected chi connectivity index (χ0v) is 13.1. The number of rotatable bonds is 6. The molecule has 7 heteroatoms. The summed E-state index contributed by atoms with van der Waals surface area (Å²) in [5.41, 5.74) is 0.895. The summed E-state index contributed by atoms with van der Waals surface area (Å²) in [6.07, 6.45) is -0.987. The van der Waals surface area contributed by atoms with Gasteiger partial charge < -0.3 is 5.11 Å². The first-order valence-corrected chi connectivity index (χ1v) is 8.54. The molecule has 0 bridgehead atoms. The van der Waals surface area contributed by atoms with Gasteiger partial charge in [0.1, 0.15) is 5.82 Å². The van der Waals surface area contributed by atoms with Gasteiger partial charge in [-0.15, -0.1) is 0 Å². The zero-order chi connectivity index (χ0) is 16.2.